The Morgan fingerprint density at radius 1 is 1.10 bits per heavy atom. The third-order valence-corrected chi connectivity index (χ3v) is 6.82. The minimum Gasteiger partial charge on any atom is -0.354 e. The number of allylic oxidation sites excluding steroid dienone is 1. The Morgan fingerprint density at radius 3 is 2.45 bits per heavy atom. The number of hydrogen-bond donors (Lipinski definition) is 2. The first-order valence-electron chi connectivity index (χ1n) is 10.2. The minimum absolute atomic E-state index is 0.503. The SMILES string of the molecule is C=C1CC(C)CC(CCNc2nc(C)nc(Nc3ccc(P(C)(C)=O)cc3)n2)C1. The Hall–Kier alpha value is -2.20. The van der Waals surface area contributed by atoms with Crippen molar-refractivity contribution in [2.75, 3.05) is 30.5 Å². The quantitative estimate of drug-likeness (QED) is 0.493. The third-order valence-electron chi connectivity index (χ3n) is 5.28. The van der Waals surface area contributed by atoms with E-state index in [-0.39, 0.29) is 0 Å². The van der Waals surface area contributed by atoms with Crippen molar-refractivity contribution in [3.63, 3.8) is 0 Å². The second kappa shape index (κ2) is 9.08. The number of aryl methyl sites for hydroxylation is 1. The van der Waals surface area contributed by atoms with Gasteiger partial charge in [-0.05, 0) is 82.0 Å². The maximum absolute atomic E-state index is 12.2. The van der Waals surface area contributed by atoms with Gasteiger partial charge >= 0.3 is 0 Å². The fraction of sp³-hybridized carbons (Fsp3) is 0.500. The van der Waals surface area contributed by atoms with Gasteiger partial charge in [0.25, 0.3) is 0 Å². The van der Waals surface area contributed by atoms with Crippen LogP contribution < -0.4 is 15.9 Å². The van der Waals surface area contributed by atoms with E-state index >= 15 is 0 Å². The van der Waals surface area contributed by atoms with E-state index in [1.165, 1.54) is 18.4 Å². The molecule has 6 nitrogen and oxygen atoms in total. The fourth-order valence-corrected chi connectivity index (χ4v) is 4.84. The standard InChI is InChI=1S/C22H32N5OP/c1-15-12-16(2)14-18(13-15)10-11-23-21-24-17(3)25-22(27-21)26-19-6-8-20(9-7-19)29(4,5)28/h6-9,16,18H,1,10-14H2,2-5H3,(H2,23,24,25,26,27). The number of hydrogen-bond acceptors (Lipinski definition) is 6. The molecular weight excluding hydrogens is 381 g/mol. The van der Waals surface area contributed by atoms with Crippen molar-refractivity contribution in [2.24, 2.45) is 11.8 Å². The number of nitrogens with one attached hydrogen (secondary N) is 2. The third kappa shape index (κ3) is 6.40. The molecular formula is C22H32N5OP. The molecule has 2 aromatic rings. The van der Waals surface area contributed by atoms with Crippen molar-refractivity contribution in [3.8, 4) is 0 Å². The number of rotatable bonds is 7. The normalized spacial score (nSPS) is 19.8. The predicted octanol–water partition coefficient (Wildman–Crippen LogP) is 4.97. The van der Waals surface area contributed by atoms with Crippen molar-refractivity contribution in [1.29, 1.82) is 0 Å². The van der Waals surface area contributed by atoms with Crippen LogP contribution in [0.4, 0.5) is 17.6 Å². The molecule has 1 aliphatic rings. The van der Waals surface area contributed by atoms with Gasteiger partial charge in [-0.2, -0.15) is 15.0 Å². The zero-order valence-corrected chi connectivity index (χ0v) is 18.8. The van der Waals surface area contributed by atoms with Crippen LogP contribution in [0.3, 0.4) is 0 Å². The molecule has 3 rings (SSSR count). The highest BCUT2D eigenvalue weighted by molar-refractivity contribution is 7.70. The topological polar surface area (TPSA) is 79.8 Å². The Morgan fingerprint density at radius 2 is 1.79 bits per heavy atom. The van der Waals surface area contributed by atoms with E-state index in [4.69, 9.17) is 0 Å². The van der Waals surface area contributed by atoms with Crippen LogP contribution in [0, 0.1) is 18.8 Å². The molecule has 1 aliphatic carbocycles. The van der Waals surface area contributed by atoms with Gasteiger partial charge in [-0.1, -0.05) is 19.1 Å². The van der Waals surface area contributed by atoms with Crippen LogP contribution in [0.2, 0.25) is 0 Å². The first-order chi connectivity index (χ1) is 13.7. The average Bonchev–Trinajstić information content (AvgIpc) is 2.60. The Bertz CT molecular complexity index is 906. The fourth-order valence-electron chi connectivity index (χ4n) is 3.98. The second-order valence-electron chi connectivity index (χ2n) is 8.63. The molecule has 7 heteroatoms. The van der Waals surface area contributed by atoms with Crippen molar-refractivity contribution >= 4 is 30.0 Å². The van der Waals surface area contributed by atoms with E-state index in [0.717, 1.165) is 36.3 Å². The highest BCUT2D eigenvalue weighted by Crippen LogP contribution is 2.35. The Labute approximate surface area is 174 Å². The van der Waals surface area contributed by atoms with Gasteiger partial charge in [0, 0.05) is 17.5 Å². The summed E-state index contributed by atoms with van der Waals surface area (Å²) in [7, 11) is -2.25. The minimum atomic E-state index is -2.25. The van der Waals surface area contributed by atoms with Crippen molar-refractivity contribution in [2.45, 2.75) is 39.5 Å². The molecule has 0 saturated heterocycles. The zero-order chi connectivity index (χ0) is 21.0. The van der Waals surface area contributed by atoms with Crippen LogP contribution in [0.15, 0.2) is 36.4 Å². The lowest BCUT2D eigenvalue weighted by Crippen LogP contribution is -2.18. The molecule has 0 bridgehead atoms. The van der Waals surface area contributed by atoms with Crippen LogP contribution in [0.25, 0.3) is 0 Å². The molecule has 0 spiro atoms. The summed E-state index contributed by atoms with van der Waals surface area (Å²) in [6, 6.07) is 7.57. The molecule has 29 heavy (non-hydrogen) atoms. The van der Waals surface area contributed by atoms with Crippen LogP contribution in [0.1, 0.15) is 38.4 Å². The van der Waals surface area contributed by atoms with Crippen LogP contribution in [-0.4, -0.2) is 34.8 Å². The van der Waals surface area contributed by atoms with E-state index in [1.54, 1.807) is 13.3 Å². The highest BCUT2D eigenvalue weighted by atomic mass is 31.2. The van der Waals surface area contributed by atoms with Gasteiger partial charge in [0.1, 0.15) is 13.0 Å². The summed E-state index contributed by atoms with van der Waals surface area (Å²) in [5, 5.41) is 7.42. The average molecular weight is 414 g/mol. The lowest BCUT2D eigenvalue weighted by molar-refractivity contribution is 0.326. The molecule has 2 unspecified atom stereocenters. The van der Waals surface area contributed by atoms with Crippen LogP contribution >= 0.6 is 7.14 Å². The van der Waals surface area contributed by atoms with Crippen molar-refractivity contribution in [1.82, 2.24) is 15.0 Å². The van der Waals surface area contributed by atoms with Crippen LogP contribution in [-0.2, 0) is 4.57 Å². The van der Waals surface area contributed by atoms with Crippen LogP contribution in [0.5, 0.6) is 0 Å². The first-order valence-corrected chi connectivity index (χ1v) is 12.8. The lowest BCUT2D eigenvalue weighted by Gasteiger charge is -2.28. The summed E-state index contributed by atoms with van der Waals surface area (Å²) in [5.74, 6) is 3.17. The molecule has 1 aromatic carbocycles. The molecule has 1 saturated carbocycles. The molecule has 1 heterocycles. The number of benzene rings is 1. The second-order valence-corrected chi connectivity index (χ2v) is 11.9. The molecule has 0 aliphatic heterocycles. The van der Waals surface area contributed by atoms with E-state index in [2.05, 4.69) is 39.1 Å². The molecule has 2 atom stereocenters. The van der Waals surface area contributed by atoms with Gasteiger partial charge in [0.15, 0.2) is 0 Å². The van der Waals surface area contributed by atoms with Gasteiger partial charge in [-0.3, -0.25) is 0 Å². The highest BCUT2D eigenvalue weighted by Gasteiger charge is 2.21. The summed E-state index contributed by atoms with van der Waals surface area (Å²) in [5.41, 5.74) is 2.23. The van der Waals surface area contributed by atoms with Gasteiger partial charge in [-0.25, -0.2) is 0 Å². The van der Waals surface area contributed by atoms with E-state index in [9.17, 15) is 4.57 Å². The summed E-state index contributed by atoms with van der Waals surface area (Å²) >= 11 is 0. The van der Waals surface area contributed by atoms with Crippen molar-refractivity contribution < 1.29 is 4.57 Å². The molecule has 2 N–H and O–H groups in total. The van der Waals surface area contributed by atoms with Gasteiger partial charge in [0.2, 0.25) is 11.9 Å². The van der Waals surface area contributed by atoms with Gasteiger partial charge < -0.3 is 15.2 Å². The number of anilines is 3. The molecule has 0 amide bonds. The largest absolute Gasteiger partial charge is 0.354 e. The van der Waals surface area contributed by atoms with E-state index in [0.29, 0.717) is 23.6 Å². The van der Waals surface area contributed by atoms with Gasteiger partial charge in [0.05, 0.1) is 0 Å². The number of nitrogens with zero attached hydrogens (tertiary/aromatic N) is 3. The molecule has 0 radical (unpaired) electrons. The summed E-state index contributed by atoms with van der Waals surface area (Å²) in [6.07, 6.45) is 4.66. The maximum atomic E-state index is 12.2. The summed E-state index contributed by atoms with van der Waals surface area (Å²) in [6.45, 7) is 12.7. The molecule has 156 valence electrons. The monoisotopic (exact) mass is 413 g/mol. The van der Waals surface area contributed by atoms with Gasteiger partial charge in [-0.15, -0.1) is 0 Å². The molecule has 1 aromatic heterocycles. The zero-order valence-electron chi connectivity index (χ0n) is 17.9. The Kier molecular flexibility index (Phi) is 6.74. The predicted molar refractivity (Wildman–Crippen MR) is 122 cm³/mol. The maximum Gasteiger partial charge on any atom is 0.232 e. The first kappa shape index (κ1) is 21.5. The lowest BCUT2D eigenvalue weighted by atomic mass is 9.78. The number of aromatic nitrogens is 3. The van der Waals surface area contributed by atoms with E-state index < -0.39 is 7.14 Å². The Balaban J connectivity index is 1.59. The van der Waals surface area contributed by atoms with E-state index in [1.807, 2.05) is 31.2 Å². The van der Waals surface area contributed by atoms with Crippen molar-refractivity contribution in [3.05, 3.63) is 42.2 Å². The molecule has 1 fully saturated rings. The summed E-state index contributed by atoms with van der Waals surface area (Å²) in [4.78, 5) is 13.3. The smallest absolute Gasteiger partial charge is 0.232 e. The summed E-state index contributed by atoms with van der Waals surface area (Å²) < 4.78 is 12.2.